The van der Waals surface area contributed by atoms with Crippen molar-refractivity contribution in [1.29, 1.82) is 0 Å². The fourth-order valence-electron chi connectivity index (χ4n) is 0. The molecule has 0 fully saturated rings. The van der Waals surface area contributed by atoms with Gasteiger partial charge in [-0.2, -0.15) is 0 Å². The van der Waals surface area contributed by atoms with Gasteiger partial charge in [0.2, 0.25) is 0 Å². The first-order chi connectivity index (χ1) is 0. The maximum absolute atomic E-state index is 0. The summed E-state index contributed by atoms with van der Waals surface area (Å²) in [5, 5.41) is 0. The van der Waals surface area contributed by atoms with Gasteiger partial charge >= 0.3 is 0 Å². The van der Waals surface area contributed by atoms with E-state index in [0.717, 1.165) is 0 Å². The molecule has 4 heteroatoms. The van der Waals surface area contributed by atoms with E-state index in [-0.39, 0.29) is 71.4 Å². The summed E-state index contributed by atoms with van der Waals surface area (Å²) in [6.07, 6.45) is 0. The molecular weight excluding hydrogens is 365 g/mol. The molecule has 0 aromatic heterocycles. The fourth-order valence-corrected chi connectivity index (χ4v) is 0. The minimum absolute atomic E-state index is 0. The van der Waals surface area contributed by atoms with Crippen molar-refractivity contribution in [3.05, 3.63) is 0 Å². The standard InChI is InChI=1S/Co.Cu.Ni.W. The van der Waals surface area contributed by atoms with Gasteiger partial charge in [-0.3, -0.25) is 0 Å². The van der Waals surface area contributed by atoms with Gasteiger partial charge in [-0.05, 0) is 0 Å². The third kappa shape index (κ3) is 8.88. The average Bonchev–Trinajstić information content (AvgIpc) is 0. The molecule has 0 atom stereocenters. The Balaban J connectivity index is 0. The van der Waals surface area contributed by atoms with Gasteiger partial charge in [0.15, 0.2) is 0 Å². The van der Waals surface area contributed by atoms with Crippen LogP contribution in [0.25, 0.3) is 0 Å². The summed E-state index contributed by atoms with van der Waals surface area (Å²) in [5.74, 6) is 0. The Hall–Kier alpha value is 2.21. The fraction of sp³-hybridized carbons (Fsp3) is 0. The molecule has 0 bridgehead atoms. The number of hydrogen-bond acceptors (Lipinski definition) is 0. The molecule has 0 heterocycles. The number of hydrogen-bond donors (Lipinski definition) is 0. The Bertz CT molecular complexity index is 8.00. The molecular formula is CoCuNiW. The van der Waals surface area contributed by atoms with Gasteiger partial charge in [0.25, 0.3) is 0 Å². The van der Waals surface area contributed by atoms with Crippen molar-refractivity contribution in [1.82, 2.24) is 0 Å². The third-order valence-electron chi connectivity index (χ3n) is 0. The Morgan fingerprint density at radius 1 is 1.00 bits per heavy atom. The second-order valence-electron chi connectivity index (χ2n) is 0. The van der Waals surface area contributed by atoms with Crippen molar-refractivity contribution < 1.29 is 71.4 Å². The van der Waals surface area contributed by atoms with Crippen LogP contribution in [0.1, 0.15) is 0 Å². The van der Waals surface area contributed by atoms with Crippen LogP contribution in [0.2, 0.25) is 0 Å². The van der Waals surface area contributed by atoms with E-state index in [9.17, 15) is 0 Å². The van der Waals surface area contributed by atoms with Gasteiger partial charge in [-0.25, -0.2) is 0 Å². The second kappa shape index (κ2) is 18.9. The zero-order chi connectivity index (χ0) is 0. The van der Waals surface area contributed by atoms with Crippen LogP contribution in [0.15, 0.2) is 0 Å². The van der Waals surface area contributed by atoms with Gasteiger partial charge in [-0.15, -0.1) is 0 Å². The molecule has 0 aliphatic rings. The zero-order valence-corrected chi connectivity index (χ0v) is 7.26. The van der Waals surface area contributed by atoms with Gasteiger partial charge in [0.1, 0.15) is 0 Å². The van der Waals surface area contributed by atoms with E-state index in [1.807, 2.05) is 0 Å². The minimum atomic E-state index is 0. The van der Waals surface area contributed by atoms with Gasteiger partial charge in [0.05, 0.1) is 0 Å². The summed E-state index contributed by atoms with van der Waals surface area (Å²) < 4.78 is 0. The molecule has 36 valence electrons. The van der Waals surface area contributed by atoms with Crippen LogP contribution in [0.5, 0.6) is 0 Å². The maximum Gasteiger partial charge on any atom is 0 e. The monoisotopic (exact) mass is 364 g/mol. The predicted octanol–water partition coefficient (Wildman–Crippen LogP) is -0.0100. The van der Waals surface area contributed by atoms with E-state index in [0.29, 0.717) is 0 Å². The summed E-state index contributed by atoms with van der Waals surface area (Å²) in [5.41, 5.74) is 0. The van der Waals surface area contributed by atoms with Gasteiger partial charge in [0, 0.05) is 71.4 Å². The first kappa shape index (κ1) is 34.5. The van der Waals surface area contributed by atoms with Crippen LogP contribution in [-0.2, 0) is 71.4 Å². The molecule has 4 heavy (non-hydrogen) atoms. The van der Waals surface area contributed by atoms with Crippen molar-refractivity contribution in [2.75, 3.05) is 0 Å². The van der Waals surface area contributed by atoms with E-state index < -0.39 is 0 Å². The second-order valence-corrected chi connectivity index (χ2v) is 0. The predicted molar refractivity (Wildman–Crippen MR) is 0 cm³/mol. The minimum Gasteiger partial charge on any atom is 0 e. The van der Waals surface area contributed by atoms with Crippen LogP contribution >= 0.6 is 0 Å². The summed E-state index contributed by atoms with van der Waals surface area (Å²) in [4.78, 5) is 0. The molecule has 0 N–H and O–H groups in total. The smallest absolute Gasteiger partial charge is 0 e. The normalized spacial score (nSPS) is 0. The molecule has 0 saturated carbocycles. The van der Waals surface area contributed by atoms with Crippen LogP contribution in [0, 0.1) is 0 Å². The number of rotatable bonds is 0. The van der Waals surface area contributed by atoms with Gasteiger partial charge in [-0.1, -0.05) is 0 Å². The molecule has 0 aromatic carbocycles. The van der Waals surface area contributed by atoms with Crippen molar-refractivity contribution >= 4 is 0 Å². The van der Waals surface area contributed by atoms with Crippen molar-refractivity contribution in [3.63, 3.8) is 0 Å². The van der Waals surface area contributed by atoms with Crippen molar-refractivity contribution in [2.24, 2.45) is 0 Å². The topological polar surface area (TPSA) is 0 Å². The van der Waals surface area contributed by atoms with E-state index >= 15 is 0 Å². The molecule has 0 rings (SSSR count). The third-order valence-corrected chi connectivity index (χ3v) is 0. The van der Waals surface area contributed by atoms with E-state index in [1.165, 1.54) is 0 Å². The molecule has 0 aromatic rings. The van der Waals surface area contributed by atoms with Crippen LogP contribution < -0.4 is 0 Å². The molecule has 0 aliphatic heterocycles. The summed E-state index contributed by atoms with van der Waals surface area (Å²) in [6, 6.07) is 0. The molecule has 0 saturated heterocycles. The maximum atomic E-state index is 0. The molecule has 0 spiro atoms. The zero-order valence-electron chi connectivity index (χ0n) is 1.36. The largest absolute Gasteiger partial charge is 0 e. The average molecular weight is 365 g/mol. The van der Waals surface area contributed by atoms with Crippen LogP contribution in [0.4, 0.5) is 0 Å². The molecule has 0 aliphatic carbocycles. The van der Waals surface area contributed by atoms with Crippen LogP contribution in [-0.4, -0.2) is 0 Å². The summed E-state index contributed by atoms with van der Waals surface area (Å²) >= 11 is 0. The summed E-state index contributed by atoms with van der Waals surface area (Å²) in [6.45, 7) is 0. The molecule has 0 amide bonds. The molecule has 2 radical (unpaired) electrons. The molecule has 0 nitrogen and oxygen atoms in total. The van der Waals surface area contributed by atoms with Crippen molar-refractivity contribution in [2.45, 2.75) is 0 Å². The Morgan fingerprint density at radius 3 is 1.00 bits per heavy atom. The van der Waals surface area contributed by atoms with Gasteiger partial charge < -0.3 is 0 Å². The van der Waals surface area contributed by atoms with E-state index in [4.69, 9.17) is 0 Å². The molecule has 0 unspecified atom stereocenters. The Labute approximate surface area is 70.7 Å². The van der Waals surface area contributed by atoms with E-state index in [1.54, 1.807) is 0 Å². The quantitative estimate of drug-likeness (QED) is 0.530. The van der Waals surface area contributed by atoms with E-state index in [2.05, 4.69) is 0 Å². The van der Waals surface area contributed by atoms with Crippen LogP contribution in [0.3, 0.4) is 0 Å². The van der Waals surface area contributed by atoms with Crippen molar-refractivity contribution in [3.8, 4) is 0 Å². The Morgan fingerprint density at radius 2 is 1.00 bits per heavy atom. The first-order valence-electron chi connectivity index (χ1n) is 0. The SMILES string of the molecule is [Co].[Cu].[Ni].[W]. The first-order valence-corrected chi connectivity index (χ1v) is 0. The Kier molecular flexibility index (Phi) is 163. The summed E-state index contributed by atoms with van der Waals surface area (Å²) in [7, 11) is 0.